The van der Waals surface area contributed by atoms with Crippen molar-refractivity contribution in [1.82, 2.24) is 4.98 Å². The van der Waals surface area contributed by atoms with Crippen LogP contribution in [0.1, 0.15) is 15.2 Å². The molecule has 0 saturated carbocycles. The normalized spacial score (nSPS) is 9.53. The molecule has 2 aromatic rings. The number of hydrogen-bond acceptors (Lipinski definition) is 4. The van der Waals surface area contributed by atoms with Crippen LogP contribution in [0.3, 0.4) is 0 Å². The molecule has 2 aromatic heterocycles. The lowest BCUT2D eigenvalue weighted by atomic mass is 10.3. The van der Waals surface area contributed by atoms with Crippen LogP contribution in [0.25, 0.3) is 5.82 Å². The van der Waals surface area contributed by atoms with E-state index >= 15 is 0 Å². The summed E-state index contributed by atoms with van der Waals surface area (Å²) in [6.07, 6.45) is 4.54. The van der Waals surface area contributed by atoms with Gasteiger partial charge in [0.2, 0.25) is 0 Å². The number of carbonyl (C=O) groups excluding carboxylic acids is 1. The molecule has 0 bridgehead atoms. The highest BCUT2D eigenvalue weighted by Crippen LogP contribution is 2.22. The van der Waals surface area contributed by atoms with E-state index in [0.717, 1.165) is 11.8 Å². The van der Waals surface area contributed by atoms with Crippen molar-refractivity contribution in [3.8, 4) is 11.0 Å². The Morgan fingerprint density at radius 2 is 2.06 bits per heavy atom. The molecule has 0 saturated heterocycles. The first-order valence-corrected chi connectivity index (χ1v) is 5.54. The molecule has 2 rings (SSSR count). The maximum atomic E-state index is 10.9. The third-order valence-corrected chi connectivity index (χ3v) is 3.07. The quantitative estimate of drug-likeness (QED) is 0.382. The zero-order valence-corrected chi connectivity index (χ0v) is 12.4. The van der Waals surface area contributed by atoms with E-state index in [1.807, 2.05) is 31.5 Å². The molecule has 17 heavy (non-hydrogen) atoms. The zero-order chi connectivity index (χ0) is 11.5. The number of aldehydes is 1. The molecule has 2 heterocycles. The predicted molar refractivity (Wildman–Crippen MR) is 60.3 cm³/mol. The second-order valence-electron chi connectivity index (χ2n) is 3.27. The number of aryl methyl sites for hydroxylation is 1. The van der Waals surface area contributed by atoms with Gasteiger partial charge in [-0.1, -0.05) is 0 Å². The van der Waals surface area contributed by atoms with E-state index in [-0.39, 0.29) is 24.0 Å². The Morgan fingerprint density at radius 1 is 1.41 bits per heavy atom. The summed E-state index contributed by atoms with van der Waals surface area (Å²) in [6, 6.07) is 3.92. The van der Waals surface area contributed by atoms with Gasteiger partial charge in [0, 0.05) is 4.98 Å². The summed E-state index contributed by atoms with van der Waals surface area (Å²) in [7, 11) is 1.54. The van der Waals surface area contributed by atoms with Gasteiger partial charge < -0.3 is 28.7 Å². The van der Waals surface area contributed by atoms with Gasteiger partial charge in [0.1, 0.15) is 0 Å². The van der Waals surface area contributed by atoms with Gasteiger partial charge in [0.05, 0.1) is 19.5 Å². The molecule has 0 amide bonds. The standard InChI is InChI=1S/C11H11N2O2S.HI/c1-8-3-5-13(6-4-8)10-9(7-14)16-11(12-10)15-2;/h3-7H,1-2H3;1H/q+1;/p-1. The van der Waals surface area contributed by atoms with Crippen LogP contribution < -0.4 is 33.3 Å². The fourth-order valence-electron chi connectivity index (χ4n) is 1.30. The number of thiazole rings is 1. The highest BCUT2D eigenvalue weighted by atomic mass is 127. The molecule has 0 unspecified atom stereocenters. The molecule has 0 N–H and O–H groups in total. The molecule has 0 radical (unpaired) electrons. The second kappa shape index (κ2) is 6.06. The Hall–Kier alpha value is -1.02. The lowest BCUT2D eigenvalue weighted by Gasteiger charge is -1.94. The molecule has 0 aromatic carbocycles. The minimum absolute atomic E-state index is 0. The summed E-state index contributed by atoms with van der Waals surface area (Å²) in [5, 5.41) is 0.491. The molecular formula is C11H11IN2O2S. The van der Waals surface area contributed by atoms with Crippen LogP contribution >= 0.6 is 11.3 Å². The number of nitrogens with zero attached hydrogens (tertiary/aromatic N) is 2. The van der Waals surface area contributed by atoms with Gasteiger partial charge in [-0.2, -0.15) is 0 Å². The summed E-state index contributed by atoms with van der Waals surface area (Å²) < 4.78 is 6.82. The van der Waals surface area contributed by atoms with Gasteiger partial charge in [-0.25, -0.2) is 4.57 Å². The van der Waals surface area contributed by atoms with Gasteiger partial charge in [0.25, 0.3) is 0 Å². The third kappa shape index (κ3) is 3.01. The predicted octanol–water partition coefficient (Wildman–Crippen LogP) is -1.45. The number of rotatable bonds is 3. The summed E-state index contributed by atoms with van der Waals surface area (Å²) in [5.41, 5.74) is 1.16. The third-order valence-electron chi connectivity index (χ3n) is 2.14. The van der Waals surface area contributed by atoms with Crippen molar-refractivity contribution in [3.63, 3.8) is 0 Å². The fraction of sp³-hybridized carbons (Fsp3) is 0.182. The van der Waals surface area contributed by atoms with E-state index in [2.05, 4.69) is 4.98 Å². The first-order chi connectivity index (χ1) is 7.74. The van der Waals surface area contributed by atoms with E-state index in [0.29, 0.717) is 15.9 Å². The minimum Gasteiger partial charge on any atom is -1.00 e. The Morgan fingerprint density at radius 3 is 2.59 bits per heavy atom. The summed E-state index contributed by atoms with van der Waals surface area (Å²) >= 11 is 1.24. The van der Waals surface area contributed by atoms with E-state index in [4.69, 9.17) is 4.74 Å². The lowest BCUT2D eigenvalue weighted by molar-refractivity contribution is -0.599. The Bertz CT molecular complexity index is 511. The first-order valence-electron chi connectivity index (χ1n) is 4.73. The van der Waals surface area contributed by atoms with Crippen molar-refractivity contribution in [2.45, 2.75) is 6.92 Å². The number of halogens is 1. The molecule has 90 valence electrons. The largest absolute Gasteiger partial charge is 1.00 e. The van der Waals surface area contributed by atoms with Gasteiger partial charge in [-0.15, -0.1) is 0 Å². The van der Waals surface area contributed by atoms with Crippen LogP contribution in [0, 0.1) is 6.92 Å². The molecule has 4 nitrogen and oxygen atoms in total. The zero-order valence-electron chi connectivity index (χ0n) is 9.38. The number of methoxy groups -OCH3 is 1. The average molecular weight is 362 g/mol. The van der Waals surface area contributed by atoms with Crippen molar-refractivity contribution >= 4 is 17.6 Å². The van der Waals surface area contributed by atoms with Gasteiger partial charge in [0.15, 0.2) is 11.2 Å². The minimum atomic E-state index is 0. The fourth-order valence-corrected chi connectivity index (χ4v) is 1.99. The monoisotopic (exact) mass is 362 g/mol. The highest BCUT2D eigenvalue weighted by Gasteiger charge is 2.22. The average Bonchev–Trinajstić information content (AvgIpc) is 2.73. The Labute approximate surface area is 120 Å². The second-order valence-corrected chi connectivity index (χ2v) is 4.27. The van der Waals surface area contributed by atoms with Crippen molar-refractivity contribution in [3.05, 3.63) is 35.0 Å². The van der Waals surface area contributed by atoms with Crippen LogP contribution in [-0.2, 0) is 0 Å². The molecular weight excluding hydrogens is 351 g/mol. The van der Waals surface area contributed by atoms with Crippen LogP contribution in [0.2, 0.25) is 0 Å². The summed E-state index contributed by atoms with van der Waals surface area (Å²) in [5.74, 6) is 0.608. The highest BCUT2D eigenvalue weighted by molar-refractivity contribution is 7.15. The SMILES string of the molecule is COc1nc(-[n+]2ccc(C)cc2)c(C=O)s1.[I-]. The molecule has 0 aliphatic carbocycles. The van der Waals surface area contributed by atoms with E-state index in [1.165, 1.54) is 18.4 Å². The van der Waals surface area contributed by atoms with Gasteiger partial charge in [-0.05, 0) is 36.0 Å². The number of ether oxygens (including phenoxy) is 1. The maximum absolute atomic E-state index is 10.9. The van der Waals surface area contributed by atoms with Crippen LogP contribution in [-0.4, -0.2) is 18.4 Å². The molecule has 0 fully saturated rings. The summed E-state index contributed by atoms with van der Waals surface area (Å²) in [6.45, 7) is 2.01. The smallest absolute Gasteiger partial charge is 0.389 e. The number of aromatic nitrogens is 2. The topological polar surface area (TPSA) is 43.1 Å². The van der Waals surface area contributed by atoms with Gasteiger partial charge in [-0.3, -0.25) is 4.79 Å². The maximum Gasteiger partial charge on any atom is 0.389 e. The Balaban J connectivity index is 0.00000144. The van der Waals surface area contributed by atoms with E-state index in [1.54, 1.807) is 4.57 Å². The van der Waals surface area contributed by atoms with Crippen molar-refractivity contribution in [2.24, 2.45) is 0 Å². The number of hydrogen-bond donors (Lipinski definition) is 0. The molecule has 0 aliphatic rings. The van der Waals surface area contributed by atoms with Gasteiger partial charge >= 0.3 is 11.0 Å². The Kier molecular flexibility index (Phi) is 5.01. The molecule has 0 atom stereocenters. The van der Waals surface area contributed by atoms with E-state index in [9.17, 15) is 4.79 Å². The van der Waals surface area contributed by atoms with Crippen LogP contribution in [0.4, 0.5) is 0 Å². The van der Waals surface area contributed by atoms with Crippen molar-refractivity contribution in [1.29, 1.82) is 0 Å². The van der Waals surface area contributed by atoms with Crippen molar-refractivity contribution in [2.75, 3.05) is 7.11 Å². The van der Waals surface area contributed by atoms with E-state index < -0.39 is 0 Å². The molecule has 0 aliphatic heterocycles. The van der Waals surface area contributed by atoms with Crippen molar-refractivity contribution < 1.29 is 38.1 Å². The lowest BCUT2D eigenvalue weighted by Crippen LogP contribution is -3.00. The number of carbonyl (C=O) groups is 1. The summed E-state index contributed by atoms with van der Waals surface area (Å²) in [4.78, 5) is 15.7. The van der Waals surface area contributed by atoms with Crippen LogP contribution in [0.15, 0.2) is 24.5 Å². The molecule has 0 spiro atoms. The van der Waals surface area contributed by atoms with Crippen LogP contribution in [0.5, 0.6) is 5.19 Å². The molecule has 6 heteroatoms. The first kappa shape index (κ1) is 14.0. The number of pyridine rings is 1.